The Hall–Kier alpha value is -0.970. The average molecular weight is 248 g/mol. The summed E-state index contributed by atoms with van der Waals surface area (Å²) >= 11 is 6.18. The molecule has 0 atom stereocenters. The third-order valence-corrected chi connectivity index (χ3v) is 3.76. The normalized spacial score (nSPS) is 22.8. The summed E-state index contributed by atoms with van der Waals surface area (Å²) in [7, 11) is 0. The first-order chi connectivity index (χ1) is 8.31. The molecule has 0 amide bonds. The second-order valence-electron chi connectivity index (χ2n) is 4.65. The van der Waals surface area contributed by atoms with Gasteiger partial charge in [0.2, 0.25) is 0 Å². The molecule has 0 unspecified atom stereocenters. The topological polar surface area (TPSA) is 12.0 Å². The van der Waals surface area contributed by atoms with Crippen molar-refractivity contribution in [1.82, 2.24) is 5.32 Å². The van der Waals surface area contributed by atoms with Crippen LogP contribution in [0.3, 0.4) is 0 Å². The molecule has 0 heterocycles. The average Bonchev–Trinajstić information content (AvgIpc) is 2.28. The molecule has 90 valence electrons. The zero-order valence-electron chi connectivity index (χ0n) is 9.95. The van der Waals surface area contributed by atoms with Crippen LogP contribution in [0, 0.1) is 12.3 Å². The summed E-state index contributed by atoms with van der Waals surface area (Å²) in [5, 5.41) is 4.44. The van der Waals surface area contributed by atoms with Gasteiger partial charge in [-0.25, -0.2) is 0 Å². The van der Waals surface area contributed by atoms with Crippen LogP contribution in [-0.2, 0) is 0 Å². The van der Waals surface area contributed by atoms with E-state index in [1.54, 1.807) is 0 Å². The van der Waals surface area contributed by atoms with E-state index in [-0.39, 0.29) is 0 Å². The maximum absolute atomic E-state index is 6.18. The molecule has 1 saturated carbocycles. The number of rotatable bonds is 5. The molecule has 2 heteroatoms. The van der Waals surface area contributed by atoms with Crippen molar-refractivity contribution in [3.8, 4) is 12.3 Å². The molecule has 0 aromatic heterocycles. The highest BCUT2D eigenvalue weighted by molar-refractivity contribution is 6.31. The first kappa shape index (κ1) is 12.5. The maximum atomic E-state index is 6.18. The lowest BCUT2D eigenvalue weighted by Crippen LogP contribution is -2.40. The number of benzene rings is 1. The SMILES string of the molecule is C#CCCCNC1CC(c2ccccc2Cl)C1. The van der Waals surface area contributed by atoms with Crippen molar-refractivity contribution in [2.75, 3.05) is 6.54 Å². The Morgan fingerprint density at radius 1 is 1.35 bits per heavy atom. The Balaban J connectivity index is 1.72. The molecule has 0 bridgehead atoms. The molecule has 2 rings (SSSR count). The molecule has 1 N–H and O–H groups in total. The van der Waals surface area contributed by atoms with Crippen molar-refractivity contribution in [2.45, 2.75) is 37.6 Å². The number of terminal acetylenes is 1. The quantitative estimate of drug-likeness (QED) is 0.619. The Labute approximate surface area is 109 Å². The molecule has 1 aliphatic rings. The van der Waals surface area contributed by atoms with Gasteiger partial charge in [-0.15, -0.1) is 12.3 Å². The highest BCUT2D eigenvalue weighted by Crippen LogP contribution is 2.39. The minimum Gasteiger partial charge on any atom is -0.314 e. The minimum absolute atomic E-state index is 0.633. The van der Waals surface area contributed by atoms with E-state index < -0.39 is 0 Å². The van der Waals surface area contributed by atoms with Gasteiger partial charge < -0.3 is 5.32 Å². The number of hydrogen-bond acceptors (Lipinski definition) is 1. The van der Waals surface area contributed by atoms with E-state index in [1.165, 1.54) is 18.4 Å². The molecule has 1 aliphatic carbocycles. The van der Waals surface area contributed by atoms with E-state index in [9.17, 15) is 0 Å². The van der Waals surface area contributed by atoms with Crippen molar-refractivity contribution in [3.63, 3.8) is 0 Å². The molecule has 1 fully saturated rings. The highest BCUT2D eigenvalue weighted by Gasteiger charge is 2.30. The van der Waals surface area contributed by atoms with Crippen LogP contribution in [0.2, 0.25) is 5.02 Å². The number of hydrogen-bond donors (Lipinski definition) is 1. The van der Waals surface area contributed by atoms with Crippen LogP contribution in [-0.4, -0.2) is 12.6 Å². The second kappa shape index (κ2) is 6.10. The van der Waals surface area contributed by atoms with Gasteiger partial charge in [0.25, 0.3) is 0 Å². The summed E-state index contributed by atoms with van der Waals surface area (Å²) in [6.07, 6.45) is 9.54. The van der Waals surface area contributed by atoms with Crippen LogP contribution >= 0.6 is 11.6 Å². The summed E-state index contributed by atoms with van der Waals surface area (Å²) in [4.78, 5) is 0. The van der Waals surface area contributed by atoms with Gasteiger partial charge in [0, 0.05) is 17.5 Å². The Morgan fingerprint density at radius 3 is 2.82 bits per heavy atom. The fraction of sp³-hybridized carbons (Fsp3) is 0.467. The van der Waals surface area contributed by atoms with Crippen molar-refractivity contribution in [3.05, 3.63) is 34.9 Å². The fourth-order valence-electron chi connectivity index (χ4n) is 2.34. The summed E-state index contributed by atoms with van der Waals surface area (Å²) in [6.45, 7) is 1.03. The third-order valence-electron chi connectivity index (χ3n) is 3.41. The van der Waals surface area contributed by atoms with Gasteiger partial charge >= 0.3 is 0 Å². The molecule has 17 heavy (non-hydrogen) atoms. The molecule has 0 spiro atoms. The standard InChI is InChI=1S/C15H18ClN/c1-2-3-6-9-17-13-10-12(11-13)14-7-4-5-8-15(14)16/h1,4-5,7-8,12-13,17H,3,6,9-11H2. The first-order valence-electron chi connectivity index (χ1n) is 6.22. The van der Waals surface area contributed by atoms with Crippen LogP contribution in [0.15, 0.2) is 24.3 Å². The second-order valence-corrected chi connectivity index (χ2v) is 5.06. The molecule has 1 aromatic rings. The highest BCUT2D eigenvalue weighted by atomic mass is 35.5. The van der Waals surface area contributed by atoms with E-state index in [1.807, 2.05) is 12.1 Å². The first-order valence-corrected chi connectivity index (χ1v) is 6.60. The zero-order valence-corrected chi connectivity index (χ0v) is 10.7. The van der Waals surface area contributed by atoms with Crippen LogP contribution in [0.25, 0.3) is 0 Å². The molecular formula is C15H18ClN. The van der Waals surface area contributed by atoms with Crippen LogP contribution in [0.4, 0.5) is 0 Å². The molecule has 0 radical (unpaired) electrons. The van der Waals surface area contributed by atoms with Gasteiger partial charge in [-0.2, -0.15) is 0 Å². The van der Waals surface area contributed by atoms with Crippen molar-refractivity contribution in [2.24, 2.45) is 0 Å². The molecule has 1 aromatic carbocycles. The fourth-order valence-corrected chi connectivity index (χ4v) is 2.63. The van der Waals surface area contributed by atoms with Crippen molar-refractivity contribution in [1.29, 1.82) is 0 Å². The summed E-state index contributed by atoms with van der Waals surface area (Å²) in [5.74, 6) is 3.30. The van der Waals surface area contributed by atoms with Gasteiger partial charge in [-0.3, -0.25) is 0 Å². The summed E-state index contributed by atoms with van der Waals surface area (Å²) in [6, 6.07) is 8.81. The van der Waals surface area contributed by atoms with E-state index in [2.05, 4.69) is 23.4 Å². The van der Waals surface area contributed by atoms with Gasteiger partial charge in [0.1, 0.15) is 0 Å². The lowest BCUT2D eigenvalue weighted by molar-refractivity contribution is 0.291. The lowest BCUT2D eigenvalue weighted by atomic mass is 9.76. The van der Waals surface area contributed by atoms with Gasteiger partial charge in [-0.1, -0.05) is 29.8 Å². The molecule has 1 nitrogen and oxygen atoms in total. The maximum Gasteiger partial charge on any atom is 0.0440 e. The third kappa shape index (κ3) is 3.25. The Bertz CT molecular complexity index is 402. The van der Waals surface area contributed by atoms with Crippen molar-refractivity contribution < 1.29 is 0 Å². The number of unbranched alkanes of at least 4 members (excludes halogenated alkanes) is 1. The molecule has 0 aliphatic heterocycles. The number of nitrogens with one attached hydrogen (secondary N) is 1. The van der Waals surface area contributed by atoms with Crippen LogP contribution in [0.1, 0.15) is 37.2 Å². The Kier molecular flexibility index (Phi) is 4.48. The predicted molar refractivity (Wildman–Crippen MR) is 73.3 cm³/mol. The minimum atomic E-state index is 0.633. The molecular weight excluding hydrogens is 230 g/mol. The summed E-state index contributed by atoms with van der Waals surface area (Å²) in [5.41, 5.74) is 1.30. The molecule has 0 saturated heterocycles. The lowest BCUT2D eigenvalue weighted by Gasteiger charge is -2.36. The van der Waals surface area contributed by atoms with Gasteiger partial charge in [-0.05, 0) is 43.4 Å². The summed E-state index contributed by atoms with van der Waals surface area (Å²) < 4.78 is 0. The van der Waals surface area contributed by atoms with Crippen molar-refractivity contribution >= 4 is 11.6 Å². The van der Waals surface area contributed by atoms with E-state index in [0.29, 0.717) is 12.0 Å². The zero-order chi connectivity index (χ0) is 12.1. The smallest absolute Gasteiger partial charge is 0.0440 e. The van der Waals surface area contributed by atoms with Crippen LogP contribution < -0.4 is 5.32 Å². The van der Waals surface area contributed by atoms with E-state index in [0.717, 1.165) is 24.4 Å². The largest absolute Gasteiger partial charge is 0.314 e. The number of halogens is 1. The monoisotopic (exact) mass is 247 g/mol. The predicted octanol–water partition coefficient (Wildman–Crippen LogP) is 3.59. The van der Waals surface area contributed by atoms with Crippen LogP contribution in [0.5, 0.6) is 0 Å². The Morgan fingerprint density at radius 2 is 2.12 bits per heavy atom. The van der Waals surface area contributed by atoms with Gasteiger partial charge in [0.15, 0.2) is 0 Å². The van der Waals surface area contributed by atoms with E-state index in [4.69, 9.17) is 18.0 Å². The van der Waals surface area contributed by atoms with E-state index >= 15 is 0 Å². The van der Waals surface area contributed by atoms with Gasteiger partial charge in [0.05, 0.1) is 0 Å².